The fourth-order valence-corrected chi connectivity index (χ4v) is 4.09. The van der Waals surface area contributed by atoms with Crippen LogP contribution < -0.4 is 5.73 Å². The molecule has 3 nitrogen and oxygen atoms in total. The van der Waals surface area contributed by atoms with Gasteiger partial charge in [-0.2, -0.15) is 5.10 Å². The van der Waals surface area contributed by atoms with E-state index < -0.39 is 0 Å². The molecule has 2 aliphatic rings. The van der Waals surface area contributed by atoms with E-state index >= 15 is 0 Å². The van der Waals surface area contributed by atoms with E-state index in [1.54, 1.807) is 29.3 Å². The molecule has 2 N–H and O–H groups in total. The molecule has 0 unspecified atom stereocenters. The predicted octanol–water partition coefficient (Wildman–Crippen LogP) is 4.80. The van der Waals surface area contributed by atoms with Crippen molar-refractivity contribution in [1.82, 2.24) is 5.01 Å². The summed E-state index contributed by atoms with van der Waals surface area (Å²) in [5, 5.41) is 6.61. The number of nitrogens with zero attached hydrogens (tertiary/aromatic N) is 2. The van der Waals surface area contributed by atoms with Crippen LogP contribution in [0.4, 0.5) is 8.78 Å². The molecule has 2 aromatic rings. The normalized spacial score (nSPS) is 23.3. The Balaban J connectivity index is 1.72. The van der Waals surface area contributed by atoms with Crippen molar-refractivity contribution in [1.29, 1.82) is 0 Å². The molecule has 0 spiro atoms. The molecule has 0 aromatic heterocycles. The lowest BCUT2D eigenvalue weighted by molar-refractivity contribution is 0.305. The lowest BCUT2D eigenvalue weighted by Gasteiger charge is -2.29. The Morgan fingerprint density at radius 1 is 1.07 bits per heavy atom. The standard InChI is InChI=1S/C21H19F2N3S/c22-16-8-4-13(5-9-16)12-15-2-1-3-18-19(15)25-26(21(24)27)20(18)14-6-10-17(23)11-7-14/h4-12,18,20H,1-3H2,(H2,24,27)/b15-12+/t18-,20+/m1/s1. The molecule has 27 heavy (non-hydrogen) atoms. The molecule has 0 bridgehead atoms. The summed E-state index contributed by atoms with van der Waals surface area (Å²) < 4.78 is 26.5. The summed E-state index contributed by atoms with van der Waals surface area (Å²) in [5.74, 6) is -0.398. The molecule has 1 heterocycles. The molecule has 138 valence electrons. The zero-order valence-corrected chi connectivity index (χ0v) is 15.4. The second-order valence-corrected chi connectivity index (χ2v) is 7.30. The number of hydrogen-bond acceptors (Lipinski definition) is 2. The number of hydrazone groups is 1. The highest BCUT2D eigenvalue weighted by molar-refractivity contribution is 7.80. The number of rotatable bonds is 2. The fraction of sp³-hybridized carbons (Fsp3) is 0.238. The van der Waals surface area contributed by atoms with E-state index in [9.17, 15) is 8.78 Å². The molecular weight excluding hydrogens is 364 g/mol. The van der Waals surface area contributed by atoms with Crippen LogP contribution in [0, 0.1) is 17.6 Å². The minimum Gasteiger partial charge on any atom is -0.375 e. The van der Waals surface area contributed by atoms with E-state index in [1.165, 1.54) is 24.3 Å². The first-order valence-electron chi connectivity index (χ1n) is 8.92. The molecule has 1 saturated carbocycles. The van der Waals surface area contributed by atoms with Gasteiger partial charge in [-0.25, -0.2) is 13.8 Å². The quantitative estimate of drug-likeness (QED) is 0.757. The summed E-state index contributed by atoms with van der Waals surface area (Å²) in [4.78, 5) is 0. The monoisotopic (exact) mass is 383 g/mol. The van der Waals surface area contributed by atoms with Gasteiger partial charge in [0.05, 0.1) is 11.8 Å². The Morgan fingerprint density at radius 2 is 1.70 bits per heavy atom. The van der Waals surface area contributed by atoms with Crippen LogP contribution in [0.25, 0.3) is 6.08 Å². The molecule has 0 amide bonds. The second kappa shape index (κ2) is 7.19. The van der Waals surface area contributed by atoms with Gasteiger partial charge < -0.3 is 5.73 Å². The largest absolute Gasteiger partial charge is 0.375 e. The average molecular weight is 383 g/mol. The Labute approximate surface area is 162 Å². The maximum absolute atomic E-state index is 13.4. The third-order valence-electron chi connectivity index (χ3n) is 5.15. The van der Waals surface area contributed by atoms with Gasteiger partial charge in [-0.15, -0.1) is 0 Å². The lowest BCUT2D eigenvalue weighted by Crippen LogP contribution is -2.34. The van der Waals surface area contributed by atoms with Crippen molar-refractivity contribution in [2.45, 2.75) is 25.3 Å². The predicted molar refractivity (Wildman–Crippen MR) is 107 cm³/mol. The van der Waals surface area contributed by atoms with Crippen LogP contribution in [0.15, 0.2) is 59.2 Å². The van der Waals surface area contributed by atoms with Crippen molar-refractivity contribution >= 4 is 29.1 Å². The number of halogens is 2. The summed E-state index contributed by atoms with van der Waals surface area (Å²) in [6.07, 6.45) is 4.92. The first-order chi connectivity index (χ1) is 13.0. The molecule has 1 fully saturated rings. The van der Waals surface area contributed by atoms with Crippen molar-refractivity contribution in [3.63, 3.8) is 0 Å². The smallest absolute Gasteiger partial charge is 0.187 e. The van der Waals surface area contributed by atoms with Gasteiger partial charge in [-0.3, -0.25) is 0 Å². The molecule has 2 aromatic carbocycles. The number of benzene rings is 2. The molecule has 2 atom stereocenters. The van der Waals surface area contributed by atoms with Gasteiger partial charge in [0.2, 0.25) is 0 Å². The second-order valence-electron chi connectivity index (χ2n) is 6.88. The van der Waals surface area contributed by atoms with Crippen molar-refractivity contribution in [2.24, 2.45) is 16.8 Å². The van der Waals surface area contributed by atoms with Gasteiger partial charge in [-0.1, -0.05) is 24.3 Å². The topological polar surface area (TPSA) is 41.6 Å². The van der Waals surface area contributed by atoms with E-state index in [0.29, 0.717) is 0 Å². The molecular formula is C21H19F2N3S. The molecule has 6 heteroatoms. The number of fused-ring (bicyclic) bond motifs is 1. The van der Waals surface area contributed by atoms with Gasteiger partial charge in [0.25, 0.3) is 0 Å². The first kappa shape index (κ1) is 17.8. The summed E-state index contributed by atoms with van der Waals surface area (Å²) in [7, 11) is 0. The van der Waals surface area contributed by atoms with E-state index in [-0.39, 0.29) is 28.7 Å². The fourth-order valence-electron chi connectivity index (χ4n) is 3.94. The van der Waals surface area contributed by atoms with Gasteiger partial charge in [0.1, 0.15) is 11.6 Å². The van der Waals surface area contributed by atoms with Gasteiger partial charge >= 0.3 is 0 Å². The SMILES string of the molecule is NC(=S)N1N=C2/C(=C/c3ccc(F)cc3)CCC[C@H]2[C@@H]1c1ccc(F)cc1. The Hall–Kier alpha value is -2.60. The number of nitrogens with two attached hydrogens (primary N) is 1. The van der Waals surface area contributed by atoms with Crippen molar-refractivity contribution in [3.05, 3.63) is 76.9 Å². The molecule has 0 saturated heterocycles. The van der Waals surface area contributed by atoms with Crippen LogP contribution in [0.5, 0.6) is 0 Å². The lowest BCUT2D eigenvalue weighted by atomic mass is 9.77. The number of thiocarbonyl (C=S) groups is 1. The third-order valence-corrected chi connectivity index (χ3v) is 5.34. The van der Waals surface area contributed by atoms with Gasteiger partial charge in [-0.05, 0) is 78.5 Å². The highest BCUT2D eigenvalue weighted by Crippen LogP contribution is 2.44. The summed E-state index contributed by atoms with van der Waals surface area (Å²) >= 11 is 5.22. The highest BCUT2D eigenvalue weighted by Gasteiger charge is 2.42. The molecule has 0 radical (unpaired) electrons. The molecule has 1 aliphatic heterocycles. The third kappa shape index (κ3) is 3.49. The zero-order valence-electron chi connectivity index (χ0n) is 14.6. The summed E-state index contributed by atoms with van der Waals surface area (Å²) in [6.45, 7) is 0. The first-order valence-corrected chi connectivity index (χ1v) is 9.33. The van der Waals surface area contributed by atoms with Crippen molar-refractivity contribution in [3.8, 4) is 0 Å². The minimum atomic E-state index is -0.277. The maximum Gasteiger partial charge on any atom is 0.187 e. The van der Waals surface area contributed by atoms with Crippen LogP contribution in [0.1, 0.15) is 36.4 Å². The van der Waals surface area contributed by atoms with Crippen LogP contribution in [0.3, 0.4) is 0 Å². The van der Waals surface area contributed by atoms with Crippen molar-refractivity contribution < 1.29 is 8.78 Å². The van der Waals surface area contributed by atoms with Crippen LogP contribution in [-0.4, -0.2) is 15.8 Å². The molecule has 1 aliphatic carbocycles. The highest BCUT2D eigenvalue weighted by atomic mass is 32.1. The van der Waals surface area contributed by atoms with Gasteiger partial charge in [0, 0.05) is 5.92 Å². The van der Waals surface area contributed by atoms with E-state index in [0.717, 1.165) is 41.7 Å². The van der Waals surface area contributed by atoms with E-state index in [4.69, 9.17) is 23.1 Å². The van der Waals surface area contributed by atoms with E-state index in [1.807, 2.05) is 0 Å². The molecule has 4 rings (SSSR count). The Morgan fingerprint density at radius 3 is 2.33 bits per heavy atom. The zero-order chi connectivity index (χ0) is 19.0. The van der Waals surface area contributed by atoms with Crippen LogP contribution in [-0.2, 0) is 0 Å². The van der Waals surface area contributed by atoms with Gasteiger partial charge in [0.15, 0.2) is 5.11 Å². The number of allylic oxidation sites excluding steroid dienone is 1. The summed E-state index contributed by atoms with van der Waals surface area (Å²) in [6, 6.07) is 12.7. The number of hydrogen-bond donors (Lipinski definition) is 1. The Kier molecular flexibility index (Phi) is 4.74. The maximum atomic E-state index is 13.4. The minimum absolute atomic E-state index is 0.130. The summed E-state index contributed by atoms with van der Waals surface area (Å²) in [5.41, 5.74) is 9.89. The van der Waals surface area contributed by atoms with Crippen LogP contribution in [0.2, 0.25) is 0 Å². The Bertz CT molecular complexity index is 919. The van der Waals surface area contributed by atoms with Crippen LogP contribution >= 0.6 is 12.2 Å². The van der Waals surface area contributed by atoms with Crippen molar-refractivity contribution in [2.75, 3.05) is 0 Å². The average Bonchev–Trinajstić information content (AvgIpc) is 3.05. The van der Waals surface area contributed by atoms with E-state index in [2.05, 4.69) is 6.08 Å².